The fourth-order valence-corrected chi connectivity index (χ4v) is 1.74. The molecule has 2 rings (SSSR count). The Morgan fingerprint density at radius 2 is 2.38 bits per heavy atom. The molecule has 0 spiro atoms. The molecule has 0 fully saturated rings. The molecule has 0 radical (unpaired) electrons. The first-order chi connectivity index (χ1) is 7.74. The largest absolute Gasteiger partial charge is 0.497 e. The van der Waals surface area contributed by atoms with E-state index in [0.29, 0.717) is 6.42 Å². The van der Waals surface area contributed by atoms with Crippen LogP contribution >= 0.6 is 0 Å². The molecule has 0 aliphatic rings. The molecule has 0 bridgehead atoms. The second-order valence-electron chi connectivity index (χ2n) is 3.67. The summed E-state index contributed by atoms with van der Waals surface area (Å²) < 4.78 is 5.17. The number of rotatable bonds is 3. The zero-order valence-corrected chi connectivity index (χ0v) is 9.03. The van der Waals surface area contributed by atoms with Crippen molar-refractivity contribution in [2.24, 2.45) is 5.73 Å². The molecule has 1 aromatic carbocycles. The molecule has 4 heteroatoms. The first-order valence-electron chi connectivity index (χ1n) is 5.04. The number of hydrogen-bond donors (Lipinski definition) is 2. The summed E-state index contributed by atoms with van der Waals surface area (Å²) >= 11 is 0. The van der Waals surface area contributed by atoms with E-state index in [1.165, 1.54) is 0 Å². The fraction of sp³-hybridized carbons (Fsp3) is 0.250. The number of nitriles is 1. The van der Waals surface area contributed by atoms with E-state index < -0.39 is 6.04 Å². The number of nitrogens with two attached hydrogens (primary N) is 1. The maximum Gasteiger partial charge on any atom is 0.119 e. The van der Waals surface area contributed by atoms with Gasteiger partial charge in [0.15, 0.2) is 0 Å². The van der Waals surface area contributed by atoms with E-state index in [9.17, 15) is 0 Å². The maximum absolute atomic E-state index is 8.70. The maximum atomic E-state index is 8.70. The van der Waals surface area contributed by atoms with Crippen molar-refractivity contribution in [2.45, 2.75) is 12.5 Å². The van der Waals surface area contributed by atoms with Crippen LogP contribution in [-0.4, -0.2) is 18.1 Å². The molecular formula is C12H13N3O. The minimum absolute atomic E-state index is 0.467. The summed E-state index contributed by atoms with van der Waals surface area (Å²) in [7, 11) is 1.63. The molecule has 0 saturated heterocycles. The lowest BCUT2D eigenvalue weighted by atomic mass is 10.1. The smallest absolute Gasteiger partial charge is 0.119 e. The molecule has 1 aromatic heterocycles. The van der Waals surface area contributed by atoms with Gasteiger partial charge in [-0.05, 0) is 23.8 Å². The summed E-state index contributed by atoms with van der Waals surface area (Å²) in [6.07, 6.45) is 2.44. The fourth-order valence-electron chi connectivity index (χ4n) is 1.74. The van der Waals surface area contributed by atoms with Crippen LogP contribution in [0.15, 0.2) is 24.4 Å². The van der Waals surface area contributed by atoms with E-state index in [2.05, 4.69) is 4.98 Å². The van der Waals surface area contributed by atoms with E-state index in [1.807, 2.05) is 30.5 Å². The highest BCUT2D eigenvalue weighted by Crippen LogP contribution is 2.24. The lowest BCUT2D eigenvalue weighted by molar-refractivity contribution is 0.415. The van der Waals surface area contributed by atoms with E-state index in [4.69, 9.17) is 15.7 Å². The van der Waals surface area contributed by atoms with Crippen LogP contribution in [0.1, 0.15) is 5.56 Å². The van der Waals surface area contributed by atoms with Gasteiger partial charge in [-0.3, -0.25) is 0 Å². The number of hydrogen-bond acceptors (Lipinski definition) is 3. The van der Waals surface area contributed by atoms with Crippen molar-refractivity contribution in [3.05, 3.63) is 30.0 Å². The predicted molar refractivity (Wildman–Crippen MR) is 62.1 cm³/mol. The van der Waals surface area contributed by atoms with Crippen LogP contribution < -0.4 is 10.5 Å². The van der Waals surface area contributed by atoms with E-state index in [-0.39, 0.29) is 0 Å². The Labute approximate surface area is 93.6 Å². The quantitative estimate of drug-likeness (QED) is 0.816. The van der Waals surface area contributed by atoms with E-state index in [1.54, 1.807) is 7.11 Å². The Hall–Kier alpha value is -1.99. The summed E-state index contributed by atoms with van der Waals surface area (Å²) in [4.78, 5) is 3.15. The third kappa shape index (κ3) is 1.86. The van der Waals surface area contributed by atoms with Gasteiger partial charge in [-0.1, -0.05) is 0 Å². The van der Waals surface area contributed by atoms with Crippen molar-refractivity contribution in [3.63, 3.8) is 0 Å². The van der Waals surface area contributed by atoms with Crippen LogP contribution in [0, 0.1) is 11.3 Å². The van der Waals surface area contributed by atoms with Crippen LogP contribution in [0.5, 0.6) is 5.75 Å². The van der Waals surface area contributed by atoms with Gasteiger partial charge in [0.25, 0.3) is 0 Å². The van der Waals surface area contributed by atoms with Crippen molar-refractivity contribution in [1.29, 1.82) is 5.26 Å². The highest BCUT2D eigenvalue weighted by Gasteiger charge is 2.08. The monoisotopic (exact) mass is 215 g/mol. The van der Waals surface area contributed by atoms with Gasteiger partial charge in [-0.25, -0.2) is 0 Å². The van der Waals surface area contributed by atoms with Crippen LogP contribution in [0.2, 0.25) is 0 Å². The summed E-state index contributed by atoms with van der Waals surface area (Å²) in [5.74, 6) is 0.805. The predicted octanol–water partition coefficient (Wildman–Crippen LogP) is 1.57. The zero-order chi connectivity index (χ0) is 11.5. The number of ether oxygens (including phenoxy) is 1. The number of fused-ring (bicyclic) bond motifs is 1. The SMILES string of the molecule is COc1ccc2[nH]cc(CC(N)C#N)c2c1. The molecule has 1 heterocycles. The summed E-state index contributed by atoms with van der Waals surface area (Å²) in [5.41, 5.74) is 7.69. The van der Waals surface area contributed by atoms with E-state index >= 15 is 0 Å². The van der Waals surface area contributed by atoms with E-state index in [0.717, 1.165) is 22.2 Å². The molecule has 16 heavy (non-hydrogen) atoms. The van der Waals surface area contributed by atoms with Crippen molar-refractivity contribution >= 4 is 10.9 Å². The second-order valence-corrected chi connectivity index (χ2v) is 3.67. The number of H-pyrrole nitrogens is 1. The number of aromatic amines is 1. The molecule has 1 unspecified atom stereocenters. The summed E-state index contributed by atoms with van der Waals surface area (Å²) in [6.45, 7) is 0. The molecule has 0 aliphatic carbocycles. The third-order valence-electron chi connectivity index (χ3n) is 2.58. The van der Waals surface area contributed by atoms with Crippen molar-refractivity contribution in [3.8, 4) is 11.8 Å². The van der Waals surface area contributed by atoms with Gasteiger partial charge in [-0.15, -0.1) is 0 Å². The molecule has 82 valence electrons. The Kier molecular flexibility index (Phi) is 2.80. The highest BCUT2D eigenvalue weighted by molar-refractivity contribution is 5.84. The van der Waals surface area contributed by atoms with Gasteiger partial charge < -0.3 is 15.5 Å². The second kappa shape index (κ2) is 4.25. The van der Waals surface area contributed by atoms with Crippen molar-refractivity contribution in [1.82, 2.24) is 4.98 Å². The molecule has 4 nitrogen and oxygen atoms in total. The number of methoxy groups -OCH3 is 1. The highest BCUT2D eigenvalue weighted by atomic mass is 16.5. The third-order valence-corrected chi connectivity index (χ3v) is 2.58. The van der Waals surface area contributed by atoms with Crippen LogP contribution in [0.3, 0.4) is 0 Å². The normalized spacial score (nSPS) is 12.3. The van der Waals surface area contributed by atoms with Gasteiger partial charge in [0.1, 0.15) is 5.75 Å². The molecule has 0 aliphatic heterocycles. The van der Waals surface area contributed by atoms with Crippen molar-refractivity contribution in [2.75, 3.05) is 7.11 Å². The Morgan fingerprint density at radius 1 is 1.56 bits per heavy atom. The van der Waals surface area contributed by atoms with Gasteiger partial charge in [0, 0.05) is 23.5 Å². The number of benzene rings is 1. The topological polar surface area (TPSA) is 74.8 Å². The molecule has 3 N–H and O–H groups in total. The summed E-state index contributed by atoms with van der Waals surface area (Å²) in [6, 6.07) is 7.36. The minimum atomic E-state index is -0.467. The first kappa shape index (κ1) is 10.5. The van der Waals surface area contributed by atoms with Gasteiger partial charge in [-0.2, -0.15) is 5.26 Å². The van der Waals surface area contributed by atoms with Crippen LogP contribution in [0.4, 0.5) is 0 Å². The molecule has 0 saturated carbocycles. The van der Waals surface area contributed by atoms with Crippen molar-refractivity contribution < 1.29 is 4.74 Å². The zero-order valence-electron chi connectivity index (χ0n) is 9.03. The van der Waals surface area contributed by atoms with Gasteiger partial charge in [0.2, 0.25) is 0 Å². The summed E-state index contributed by atoms with van der Waals surface area (Å²) in [5, 5.41) is 9.76. The Morgan fingerprint density at radius 3 is 3.06 bits per heavy atom. The Balaban J connectivity index is 2.42. The average molecular weight is 215 g/mol. The minimum Gasteiger partial charge on any atom is -0.497 e. The lowest BCUT2D eigenvalue weighted by Crippen LogP contribution is -2.19. The number of aromatic nitrogens is 1. The Bertz CT molecular complexity index is 539. The molecule has 2 aromatic rings. The average Bonchev–Trinajstić information content (AvgIpc) is 2.71. The standard InChI is InChI=1S/C12H13N3O/c1-16-10-2-3-12-11(5-10)8(7-15-12)4-9(14)6-13/h2-3,5,7,9,15H,4,14H2,1H3. The molecular weight excluding hydrogens is 202 g/mol. The lowest BCUT2D eigenvalue weighted by Gasteiger charge is -2.03. The van der Waals surface area contributed by atoms with Gasteiger partial charge >= 0.3 is 0 Å². The molecule has 0 amide bonds. The van der Waals surface area contributed by atoms with Gasteiger partial charge in [0.05, 0.1) is 19.2 Å². The number of nitrogens with one attached hydrogen (secondary N) is 1. The van der Waals surface area contributed by atoms with Crippen LogP contribution in [0.25, 0.3) is 10.9 Å². The number of nitrogens with zero attached hydrogens (tertiary/aromatic N) is 1. The molecule has 1 atom stereocenters. The van der Waals surface area contributed by atoms with Crippen LogP contribution in [-0.2, 0) is 6.42 Å². The first-order valence-corrected chi connectivity index (χ1v) is 5.04.